The molecule has 172 valence electrons. The molecule has 1 amide bonds. The number of hydrogen-bond donors (Lipinski definition) is 1. The van der Waals surface area contributed by atoms with Crippen LogP contribution in [-0.4, -0.2) is 29.3 Å². The van der Waals surface area contributed by atoms with Crippen molar-refractivity contribution >= 4 is 11.6 Å². The Hall–Kier alpha value is -3.32. The summed E-state index contributed by atoms with van der Waals surface area (Å²) in [5.74, 6) is -0.350. The summed E-state index contributed by atoms with van der Waals surface area (Å²) in [4.78, 5) is 15.3. The van der Waals surface area contributed by atoms with Gasteiger partial charge in [-0.25, -0.2) is 0 Å². The van der Waals surface area contributed by atoms with E-state index in [0.717, 1.165) is 28.9 Å². The fourth-order valence-electron chi connectivity index (χ4n) is 4.00. The van der Waals surface area contributed by atoms with Crippen molar-refractivity contribution in [3.8, 4) is 5.75 Å². The minimum atomic E-state index is -4.72. The molecule has 1 atom stereocenters. The molecule has 1 aliphatic rings. The van der Waals surface area contributed by atoms with Gasteiger partial charge >= 0.3 is 6.36 Å². The van der Waals surface area contributed by atoms with Gasteiger partial charge in [0.25, 0.3) is 0 Å². The summed E-state index contributed by atoms with van der Waals surface area (Å²) in [5, 5.41) is 3.10. The molecule has 1 heterocycles. The van der Waals surface area contributed by atoms with E-state index in [2.05, 4.69) is 22.2 Å². The molecule has 0 aromatic heterocycles. The van der Waals surface area contributed by atoms with Crippen molar-refractivity contribution in [3.63, 3.8) is 0 Å². The van der Waals surface area contributed by atoms with Gasteiger partial charge in [0, 0.05) is 18.8 Å². The van der Waals surface area contributed by atoms with E-state index in [1.54, 1.807) is 12.1 Å². The molecule has 1 aliphatic heterocycles. The molecule has 0 radical (unpaired) electrons. The SMILES string of the molecule is CC1(C(=O)Nc2ccccc2Cc2ccccc2)CCN1Cc1ccc(OC(F)(F)F)cc1. The number of hydrogen-bond acceptors (Lipinski definition) is 3. The van der Waals surface area contributed by atoms with Crippen LogP contribution in [0.1, 0.15) is 30.0 Å². The van der Waals surface area contributed by atoms with Crippen LogP contribution in [0.3, 0.4) is 0 Å². The molecule has 33 heavy (non-hydrogen) atoms. The Morgan fingerprint density at radius 2 is 1.64 bits per heavy atom. The van der Waals surface area contributed by atoms with Crippen LogP contribution in [0.25, 0.3) is 0 Å². The van der Waals surface area contributed by atoms with Crippen LogP contribution in [0.5, 0.6) is 5.75 Å². The molecular formula is C26H25F3N2O2. The molecule has 1 unspecified atom stereocenters. The summed E-state index contributed by atoms with van der Waals surface area (Å²) < 4.78 is 41.0. The van der Waals surface area contributed by atoms with Crippen LogP contribution in [-0.2, 0) is 17.8 Å². The third kappa shape index (κ3) is 5.54. The average molecular weight is 454 g/mol. The van der Waals surface area contributed by atoms with Crippen molar-refractivity contribution in [3.05, 3.63) is 95.6 Å². The van der Waals surface area contributed by atoms with E-state index in [4.69, 9.17) is 0 Å². The Bertz CT molecular complexity index is 1100. The number of halogens is 3. The maximum atomic E-state index is 13.2. The van der Waals surface area contributed by atoms with Gasteiger partial charge in [0.1, 0.15) is 5.75 Å². The molecule has 0 spiro atoms. The summed E-state index contributed by atoms with van der Waals surface area (Å²) in [6, 6.07) is 23.6. The number of carbonyl (C=O) groups is 1. The maximum Gasteiger partial charge on any atom is 0.573 e. The van der Waals surface area contributed by atoms with Gasteiger partial charge in [-0.2, -0.15) is 0 Å². The molecule has 4 rings (SSSR count). The lowest BCUT2D eigenvalue weighted by Crippen LogP contribution is -2.63. The van der Waals surface area contributed by atoms with Crippen molar-refractivity contribution in [2.24, 2.45) is 0 Å². The number of nitrogens with zero attached hydrogens (tertiary/aromatic N) is 1. The number of para-hydroxylation sites is 1. The van der Waals surface area contributed by atoms with Gasteiger partial charge < -0.3 is 10.1 Å². The second-order valence-electron chi connectivity index (χ2n) is 8.41. The predicted octanol–water partition coefficient (Wildman–Crippen LogP) is 5.78. The smallest absolute Gasteiger partial charge is 0.406 e. The molecule has 0 bridgehead atoms. The van der Waals surface area contributed by atoms with E-state index < -0.39 is 11.9 Å². The first-order valence-corrected chi connectivity index (χ1v) is 10.8. The normalized spacial score (nSPS) is 18.4. The summed E-state index contributed by atoms with van der Waals surface area (Å²) in [5.41, 5.74) is 3.10. The van der Waals surface area contributed by atoms with Crippen molar-refractivity contribution in [1.82, 2.24) is 4.90 Å². The summed E-state index contributed by atoms with van der Waals surface area (Å²) >= 11 is 0. The zero-order valence-electron chi connectivity index (χ0n) is 18.2. The van der Waals surface area contributed by atoms with E-state index in [-0.39, 0.29) is 11.7 Å². The number of alkyl halides is 3. The molecule has 1 saturated heterocycles. The summed E-state index contributed by atoms with van der Waals surface area (Å²) in [6.07, 6.45) is -3.30. The molecule has 0 saturated carbocycles. The average Bonchev–Trinajstić information content (AvgIpc) is 2.78. The Kier molecular flexibility index (Phi) is 6.42. The Morgan fingerprint density at radius 3 is 2.27 bits per heavy atom. The predicted molar refractivity (Wildman–Crippen MR) is 121 cm³/mol. The fraction of sp³-hybridized carbons (Fsp3) is 0.269. The monoisotopic (exact) mass is 454 g/mol. The van der Waals surface area contributed by atoms with Crippen LogP contribution >= 0.6 is 0 Å². The van der Waals surface area contributed by atoms with Crippen molar-refractivity contribution in [1.29, 1.82) is 0 Å². The van der Waals surface area contributed by atoms with Gasteiger partial charge in [-0.05, 0) is 54.7 Å². The first kappa shape index (κ1) is 22.9. The standard InChI is InChI=1S/C26H25F3N2O2/c1-25(15-16-31(25)18-20-11-13-22(14-12-20)33-26(27,28)29)24(32)30-23-10-6-5-9-21(23)17-19-7-3-2-4-8-19/h2-14H,15-18H2,1H3,(H,30,32). The lowest BCUT2D eigenvalue weighted by atomic mass is 9.84. The first-order chi connectivity index (χ1) is 15.7. The Balaban J connectivity index is 1.42. The molecular weight excluding hydrogens is 429 g/mol. The zero-order chi connectivity index (χ0) is 23.5. The highest BCUT2D eigenvalue weighted by molar-refractivity contribution is 5.99. The summed E-state index contributed by atoms with van der Waals surface area (Å²) in [7, 11) is 0. The topological polar surface area (TPSA) is 41.6 Å². The van der Waals surface area contributed by atoms with Crippen LogP contribution in [0.4, 0.5) is 18.9 Å². The second-order valence-corrected chi connectivity index (χ2v) is 8.41. The number of rotatable bonds is 7. The highest BCUT2D eigenvalue weighted by Crippen LogP contribution is 2.34. The Labute approximate surface area is 191 Å². The molecule has 3 aromatic rings. The third-order valence-electron chi connectivity index (χ3n) is 6.09. The second kappa shape index (κ2) is 9.27. The number of nitrogens with one attached hydrogen (secondary N) is 1. The van der Waals surface area contributed by atoms with Gasteiger partial charge in [-0.1, -0.05) is 60.7 Å². The van der Waals surface area contributed by atoms with Gasteiger partial charge in [0.15, 0.2) is 0 Å². The molecule has 1 N–H and O–H groups in total. The lowest BCUT2D eigenvalue weighted by Gasteiger charge is -2.49. The highest BCUT2D eigenvalue weighted by Gasteiger charge is 2.46. The van der Waals surface area contributed by atoms with Gasteiger partial charge in [-0.3, -0.25) is 9.69 Å². The quantitative estimate of drug-likeness (QED) is 0.492. The van der Waals surface area contributed by atoms with E-state index in [0.29, 0.717) is 19.4 Å². The van der Waals surface area contributed by atoms with Crippen LogP contribution in [0.2, 0.25) is 0 Å². The van der Waals surface area contributed by atoms with Gasteiger partial charge in [0.05, 0.1) is 5.54 Å². The number of amides is 1. The minimum absolute atomic E-state index is 0.0914. The van der Waals surface area contributed by atoms with Gasteiger partial charge in [-0.15, -0.1) is 13.2 Å². The molecule has 7 heteroatoms. The van der Waals surface area contributed by atoms with E-state index in [9.17, 15) is 18.0 Å². The number of carbonyl (C=O) groups excluding carboxylic acids is 1. The fourth-order valence-corrected chi connectivity index (χ4v) is 4.00. The highest BCUT2D eigenvalue weighted by atomic mass is 19.4. The van der Waals surface area contributed by atoms with E-state index >= 15 is 0 Å². The molecule has 4 nitrogen and oxygen atoms in total. The third-order valence-corrected chi connectivity index (χ3v) is 6.09. The maximum absolute atomic E-state index is 13.2. The number of ether oxygens (including phenoxy) is 1. The van der Waals surface area contributed by atoms with Crippen LogP contribution < -0.4 is 10.1 Å². The van der Waals surface area contributed by atoms with Crippen molar-refractivity contribution in [2.45, 2.75) is 38.2 Å². The summed E-state index contributed by atoms with van der Waals surface area (Å²) in [6.45, 7) is 3.09. The van der Waals surface area contributed by atoms with Crippen molar-refractivity contribution < 1.29 is 22.7 Å². The van der Waals surface area contributed by atoms with E-state index in [1.807, 2.05) is 54.3 Å². The lowest BCUT2D eigenvalue weighted by molar-refractivity contribution is -0.274. The minimum Gasteiger partial charge on any atom is -0.406 e. The molecule has 0 aliphatic carbocycles. The zero-order valence-corrected chi connectivity index (χ0v) is 18.2. The molecule has 3 aromatic carbocycles. The number of anilines is 1. The number of likely N-dealkylation sites (tertiary alicyclic amines) is 1. The first-order valence-electron chi connectivity index (χ1n) is 10.8. The number of benzene rings is 3. The van der Waals surface area contributed by atoms with Crippen molar-refractivity contribution in [2.75, 3.05) is 11.9 Å². The van der Waals surface area contributed by atoms with Crippen LogP contribution in [0.15, 0.2) is 78.9 Å². The van der Waals surface area contributed by atoms with E-state index in [1.165, 1.54) is 12.1 Å². The van der Waals surface area contributed by atoms with Crippen LogP contribution in [0, 0.1) is 0 Å². The molecule has 1 fully saturated rings. The van der Waals surface area contributed by atoms with Gasteiger partial charge in [0.2, 0.25) is 5.91 Å². The largest absolute Gasteiger partial charge is 0.573 e. The Morgan fingerprint density at radius 1 is 0.970 bits per heavy atom.